The van der Waals surface area contributed by atoms with E-state index < -0.39 is 27.7 Å². The van der Waals surface area contributed by atoms with Crippen molar-refractivity contribution >= 4 is 22.0 Å². The largest absolute Gasteiger partial charge is 0.416 e. The van der Waals surface area contributed by atoms with E-state index in [9.17, 15) is 26.4 Å². The topological polar surface area (TPSA) is 57.7 Å². The summed E-state index contributed by atoms with van der Waals surface area (Å²) in [5, 5.41) is 0. The van der Waals surface area contributed by atoms with Crippen LogP contribution in [0.3, 0.4) is 0 Å². The van der Waals surface area contributed by atoms with Crippen molar-refractivity contribution < 1.29 is 26.4 Å². The van der Waals surface area contributed by atoms with Crippen LogP contribution in [0.4, 0.5) is 13.2 Å². The number of benzene rings is 2. The van der Waals surface area contributed by atoms with Gasteiger partial charge in [0.1, 0.15) is 0 Å². The zero-order valence-corrected chi connectivity index (χ0v) is 16.2. The first kappa shape index (κ1) is 21.1. The molecule has 1 fully saturated rings. The van der Waals surface area contributed by atoms with Crippen LogP contribution in [-0.2, 0) is 21.0 Å². The Bertz CT molecular complexity index is 997. The van der Waals surface area contributed by atoms with Gasteiger partial charge in [0.25, 0.3) is 0 Å². The lowest BCUT2D eigenvalue weighted by Crippen LogP contribution is -2.50. The standard InChI is InChI=1S/C20H19F3N2O3S/c21-20(22,23)18-9-5-4-6-16(18)10-11-19(26)24-12-14-25(15-13-24)29(27,28)17-7-2-1-3-8-17/h1-11H,12-15H2. The molecule has 2 aromatic carbocycles. The van der Waals surface area contributed by atoms with E-state index in [1.165, 1.54) is 39.5 Å². The number of rotatable bonds is 4. The number of alkyl halides is 3. The zero-order chi connectivity index (χ0) is 21.1. The Morgan fingerprint density at radius 2 is 1.48 bits per heavy atom. The van der Waals surface area contributed by atoms with Crippen LogP contribution in [-0.4, -0.2) is 49.7 Å². The third-order valence-corrected chi connectivity index (χ3v) is 6.52. The Hall–Kier alpha value is -2.65. The maximum absolute atomic E-state index is 13.0. The lowest BCUT2D eigenvalue weighted by molar-refractivity contribution is -0.137. The van der Waals surface area contributed by atoms with E-state index in [-0.39, 0.29) is 36.6 Å². The molecule has 0 radical (unpaired) electrons. The molecule has 1 aliphatic rings. The van der Waals surface area contributed by atoms with Crippen LogP contribution in [0, 0.1) is 0 Å². The van der Waals surface area contributed by atoms with Gasteiger partial charge in [-0.1, -0.05) is 36.4 Å². The molecule has 0 saturated carbocycles. The van der Waals surface area contributed by atoms with E-state index in [1.54, 1.807) is 18.2 Å². The van der Waals surface area contributed by atoms with Crippen LogP contribution < -0.4 is 0 Å². The first-order valence-corrected chi connectivity index (χ1v) is 10.3. The van der Waals surface area contributed by atoms with Crippen molar-refractivity contribution in [1.82, 2.24) is 9.21 Å². The fourth-order valence-electron chi connectivity index (χ4n) is 3.06. The van der Waals surface area contributed by atoms with Crippen molar-refractivity contribution in [2.75, 3.05) is 26.2 Å². The Labute approximate surface area is 167 Å². The minimum atomic E-state index is -4.51. The zero-order valence-electron chi connectivity index (χ0n) is 15.3. The van der Waals surface area contributed by atoms with Crippen molar-refractivity contribution in [3.63, 3.8) is 0 Å². The SMILES string of the molecule is O=C(C=Cc1ccccc1C(F)(F)F)N1CCN(S(=O)(=O)c2ccccc2)CC1. The van der Waals surface area contributed by atoms with E-state index in [0.717, 1.165) is 18.2 Å². The second-order valence-corrected chi connectivity index (χ2v) is 8.40. The third kappa shape index (κ3) is 4.86. The fraction of sp³-hybridized carbons (Fsp3) is 0.250. The summed E-state index contributed by atoms with van der Waals surface area (Å²) < 4.78 is 65.6. The lowest BCUT2D eigenvalue weighted by Gasteiger charge is -2.33. The highest BCUT2D eigenvalue weighted by molar-refractivity contribution is 7.89. The predicted molar refractivity (Wildman–Crippen MR) is 102 cm³/mol. The molecular weight excluding hydrogens is 405 g/mol. The van der Waals surface area contributed by atoms with Crippen LogP contribution in [0.25, 0.3) is 6.08 Å². The van der Waals surface area contributed by atoms with Crippen LogP contribution in [0.15, 0.2) is 65.6 Å². The Balaban J connectivity index is 1.65. The van der Waals surface area contributed by atoms with E-state index in [0.29, 0.717) is 0 Å². The van der Waals surface area contributed by atoms with Crippen molar-refractivity contribution in [2.24, 2.45) is 0 Å². The molecule has 29 heavy (non-hydrogen) atoms. The van der Waals surface area contributed by atoms with Gasteiger partial charge in [0, 0.05) is 32.3 Å². The smallest absolute Gasteiger partial charge is 0.337 e. The summed E-state index contributed by atoms with van der Waals surface area (Å²) in [5.41, 5.74) is -0.915. The van der Waals surface area contributed by atoms with Gasteiger partial charge >= 0.3 is 6.18 Å². The van der Waals surface area contributed by atoms with E-state index in [2.05, 4.69) is 0 Å². The normalized spacial score (nSPS) is 16.3. The van der Waals surface area contributed by atoms with Crippen molar-refractivity contribution in [3.05, 3.63) is 71.8 Å². The average Bonchev–Trinajstić information content (AvgIpc) is 2.72. The van der Waals surface area contributed by atoms with Gasteiger partial charge in [-0.3, -0.25) is 4.79 Å². The first-order valence-electron chi connectivity index (χ1n) is 8.88. The van der Waals surface area contributed by atoms with Crippen molar-refractivity contribution in [1.29, 1.82) is 0 Å². The Morgan fingerprint density at radius 3 is 2.10 bits per heavy atom. The number of halogens is 3. The maximum atomic E-state index is 13.0. The van der Waals surface area contributed by atoms with Gasteiger partial charge in [-0.05, 0) is 29.8 Å². The molecule has 0 bridgehead atoms. The number of amides is 1. The van der Waals surface area contributed by atoms with Gasteiger partial charge < -0.3 is 4.90 Å². The molecule has 0 atom stereocenters. The summed E-state index contributed by atoms with van der Waals surface area (Å²) in [5.74, 6) is -0.460. The number of nitrogens with zero attached hydrogens (tertiary/aromatic N) is 2. The number of piperazine rings is 1. The molecule has 0 spiro atoms. The van der Waals surface area contributed by atoms with E-state index in [4.69, 9.17) is 0 Å². The van der Waals surface area contributed by atoms with Gasteiger partial charge in [-0.2, -0.15) is 17.5 Å². The highest BCUT2D eigenvalue weighted by atomic mass is 32.2. The number of sulfonamides is 1. The Morgan fingerprint density at radius 1 is 0.897 bits per heavy atom. The number of hydrogen-bond donors (Lipinski definition) is 0. The highest BCUT2D eigenvalue weighted by Crippen LogP contribution is 2.32. The second kappa shape index (κ2) is 8.38. The van der Waals surface area contributed by atoms with Gasteiger partial charge in [0.15, 0.2) is 0 Å². The molecule has 0 unspecified atom stereocenters. The van der Waals surface area contributed by atoms with Crippen LogP contribution in [0.5, 0.6) is 0 Å². The minimum absolute atomic E-state index is 0.0985. The molecule has 1 aliphatic heterocycles. The van der Waals surface area contributed by atoms with Crippen LogP contribution in [0.1, 0.15) is 11.1 Å². The number of carbonyl (C=O) groups is 1. The second-order valence-electron chi connectivity index (χ2n) is 6.46. The van der Waals surface area contributed by atoms with Gasteiger partial charge in [-0.15, -0.1) is 0 Å². The van der Waals surface area contributed by atoms with Gasteiger partial charge in [0.2, 0.25) is 15.9 Å². The molecule has 1 saturated heterocycles. The Kier molecular flexibility index (Phi) is 6.09. The molecule has 2 aromatic rings. The minimum Gasteiger partial charge on any atom is -0.337 e. The molecule has 154 valence electrons. The molecule has 3 rings (SSSR count). The molecule has 5 nitrogen and oxygen atoms in total. The molecule has 1 amide bonds. The molecule has 0 N–H and O–H groups in total. The molecule has 1 heterocycles. The summed E-state index contributed by atoms with van der Waals surface area (Å²) in [6, 6.07) is 13.0. The molecule has 0 aliphatic carbocycles. The summed E-state index contributed by atoms with van der Waals surface area (Å²) in [7, 11) is -3.64. The summed E-state index contributed by atoms with van der Waals surface area (Å²) in [4.78, 5) is 14.0. The summed E-state index contributed by atoms with van der Waals surface area (Å²) in [6.45, 7) is 0.568. The summed E-state index contributed by atoms with van der Waals surface area (Å²) >= 11 is 0. The highest BCUT2D eigenvalue weighted by Gasteiger charge is 2.32. The van der Waals surface area contributed by atoms with Crippen molar-refractivity contribution in [3.8, 4) is 0 Å². The molecule has 9 heteroatoms. The van der Waals surface area contributed by atoms with Gasteiger partial charge in [0.05, 0.1) is 10.5 Å². The lowest BCUT2D eigenvalue weighted by atomic mass is 10.1. The van der Waals surface area contributed by atoms with E-state index in [1.807, 2.05) is 0 Å². The fourth-order valence-corrected chi connectivity index (χ4v) is 4.50. The monoisotopic (exact) mass is 424 g/mol. The average molecular weight is 424 g/mol. The number of carbonyl (C=O) groups excluding carboxylic acids is 1. The van der Waals surface area contributed by atoms with Crippen LogP contribution in [0.2, 0.25) is 0 Å². The van der Waals surface area contributed by atoms with E-state index >= 15 is 0 Å². The number of hydrogen-bond acceptors (Lipinski definition) is 3. The first-order chi connectivity index (χ1) is 13.7. The van der Waals surface area contributed by atoms with Crippen molar-refractivity contribution in [2.45, 2.75) is 11.1 Å². The predicted octanol–water partition coefficient (Wildman–Crippen LogP) is 3.25. The van der Waals surface area contributed by atoms with Crippen LogP contribution >= 0.6 is 0 Å². The maximum Gasteiger partial charge on any atom is 0.416 e. The molecular formula is C20H19F3N2O3S. The summed E-state index contributed by atoms with van der Waals surface area (Å²) in [6.07, 6.45) is -2.29. The molecule has 0 aromatic heterocycles. The quantitative estimate of drug-likeness (QED) is 0.708. The van der Waals surface area contributed by atoms with Gasteiger partial charge in [-0.25, -0.2) is 8.42 Å². The third-order valence-electron chi connectivity index (χ3n) is 4.60.